The minimum atomic E-state index is -0.511. The number of nitrogens with one attached hydrogen (secondary N) is 1. The third-order valence-corrected chi connectivity index (χ3v) is 6.47. The lowest BCUT2D eigenvalue weighted by Crippen LogP contribution is -2.44. The van der Waals surface area contributed by atoms with Gasteiger partial charge in [0.05, 0.1) is 23.4 Å². The van der Waals surface area contributed by atoms with Gasteiger partial charge in [-0.3, -0.25) is 4.79 Å². The van der Waals surface area contributed by atoms with Gasteiger partial charge in [-0.05, 0) is 65.9 Å². The van der Waals surface area contributed by atoms with Gasteiger partial charge in [0.1, 0.15) is 17.7 Å². The second kappa shape index (κ2) is 10.0. The molecule has 4 aromatic rings. The van der Waals surface area contributed by atoms with Crippen molar-refractivity contribution < 1.29 is 13.9 Å². The maximum atomic E-state index is 13.4. The first-order chi connectivity index (χ1) is 17.3. The highest BCUT2D eigenvalue weighted by Gasteiger charge is 2.28. The van der Waals surface area contributed by atoms with E-state index in [0.717, 1.165) is 22.2 Å². The summed E-state index contributed by atoms with van der Waals surface area (Å²) in [5, 5.41) is 8.53. The van der Waals surface area contributed by atoms with Crippen molar-refractivity contribution in [2.24, 2.45) is 5.41 Å². The summed E-state index contributed by atoms with van der Waals surface area (Å²) in [6, 6.07) is 20.2. The zero-order valence-electron chi connectivity index (χ0n) is 22.7. The van der Waals surface area contributed by atoms with Gasteiger partial charge in [-0.2, -0.15) is 5.10 Å². The Morgan fingerprint density at radius 1 is 0.946 bits per heavy atom. The van der Waals surface area contributed by atoms with Crippen molar-refractivity contribution in [2.75, 3.05) is 0 Å². The topological polar surface area (TPSA) is 56.1 Å². The van der Waals surface area contributed by atoms with Gasteiger partial charge in [-0.15, -0.1) is 0 Å². The Bertz CT molecular complexity index is 1380. The quantitative estimate of drug-likeness (QED) is 0.306. The molecule has 2 atom stereocenters. The van der Waals surface area contributed by atoms with E-state index in [1.165, 1.54) is 17.7 Å². The van der Waals surface area contributed by atoms with Crippen LogP contribution in [0.2, 0.25) is 0 Å². The van der Waals surface area contributed by atoms with Crippen LogP contribution in [0, 0.1) is 11.2 Å². The summed E-state index contributed by atoms with van der Waals surface area (Å²) in [5.74, 6) is 0.356. The summed E-state index contributed by atoms with van der Waals surface area (Å²) < 4.78 is 21.7. The number of aromatic nitrogens is 2. The molecule has 0 saturated carbocycles. The highest BCUT2D eigenvalue weighted by molar-refractivity contribution is 5.82. The Morgan fingerprint density at radius 3 is 2.19 bits per heavy atom. The van der Waals surface area contributed by atoms with Crippen molar-refractivity contribution in [3.63, 3.8) is 0 Å². The van der Waals surface area contributed by atoms with E-state index in [1.807, 2.05) is 45.9 Å². The van der Waals surface area contributed by atoms with E-state index in [4.69, 9.17) is 4.74 Å². The van der Waals surface area contributed by atoms with Crippen LogP contribution in [-0.2, 0) is 10.2 Å². The Hall–Kier alpha value is -3.67. The number of nitrogens with zero attached hydrogens (tertiary/aromatic N) is 2. The van der Waals surface area contributed by atoms with Crippen LogP contribution >= 0.6 is 0 Å². The van der Waals surface area contributed by atoms with Crippen molar-refractivity contribution in [2.45, 2.75) is 66.0 Å². The fourth-order valence-electron chi connectivity index (χ4n) is 4.15. The third-order valence-electron chi connectivity index (χ3n) is 6.47. The lowest BCUT2D eigenvalue weighted by Gasteiger charge is -2.29. The van der Waals surface area contributed by atoms with Crippen molar-refractivity contribution >= 4 is 16.8 Å². The predicted octanol–water partition coefficient (Wildman–Crippen LogP) is 7.13. The third kappa shape index (κ3) is 6.01. The van der Waals surface area contributed by atoms with Crippen LogP contribution in [-0.4, -0.2) is 21.7 Å². The molecular weight excluding hydrogens is 465 g/mol. The van der Waals surface area contributed by atoms with E-state index in [0.29, 0.717) is 5.75 Å². The molecule has 0 radical (unpaired) electrons. The standard InChI is InChI=1S/C31H36FN3O2/c1-20(34-29(36)31(5,6)7)28(21-8-10-23(11-9-21)30(2,3)4)37-26-16-17-27-22(18-26)19-33-35(27)25-14-12-24(32)13-15-25/h8-20,28H,1-7H3,(H,34,36)/t20-,28+/m0/s1. The van der Waals surface area contributed by atoms with Crippen molar-refractivity contribution in [1.82, 2.24) is 15.1 Å². The molecule has 0 unspecified atom stereocenters. The van der Waals surface area contributed by atoms with Gasteiger partial charge in [-0.1, -0.05) is 65.8 Å². The Morgan fingerprint density at radius 2 is 1.59 bits per heavy atom. The van der Waals surface area contributed by atoms with Crippen LogP contribution in [0.5, 0.6) is 5.75 Å². The number of amides is 1. The average Bonchev–Trinajstić information content (AvgIpc) is 3.25. The zero-order valence-corrected chi connectivity index (χ0v) is 22.7. The molecule has 194 valence electrons. The summed E-state index contributed by atoms with van der Waals surface area (Å²) >= 11 is 0. The van der Waals surface area contributed by atoms with E-state index in [2.05, 4.69) is 55.5 Å². The molecule has 0 saturated heterocycles. The van der Waals surface area contributed by atoms with E-state index >= 15 is 0 Å². The molecule has 5 nitrogen and oxygen atoms in total. The summed E-state index contributed by atoms with van der Waals surface area (Å²) in [6.45, 7) is 14.2. The van der Waals surface area contributed by atoms with Gasteiger partial charge >= 0.3 is 0 Å². The molecule has 0 fully saturated rings. The molecule has 37 heavy (non-hydrogen) atoms. The maximum absolute atomic E-state index is 13.4. The number of fused-ring (bicyclic) bond motifs is 1. The van der Waals surface area contributed by atoms with Crippen LogP contribution in [0.25, 0.3) is 16.6 Å². The van der Waals surface area contributed by atoms with Crippen LogP contribution in [0.4, 0.5) is 4.39 Å². The van der Waals surface area contributed by atoms with Crippen LogP contribution in [0.1, 0.15) is 65.7 Å². The van der Waals surface area contributed by atoms with Crippen LogP contribution in [0.15, 0.2) is 72.9 Å². The number of hydrogen-bond acceptors (Lipinski definition) is 3. The van der Waals surface area contributed by atoms with Crippen molar-refractivity contribution in [1.29, 1.82) is 0 Å². The highest BCUT2D eigenvalue weighted by Crippen LogP contribution is 2.31. The van der Waals surface area contributed by atoms with Gasteiger partial charge < -0.3 is 10.1 Å². The average molecular weight is 502 g/mol. The highest BCUT2D eigenvalue weighted by atomic mass is 19.1. The first-order valence-electron chi connectivity index (χ1n) is 12.6. The fourth-order valence-corrected chi connectivity index (χ4v) is 4.15. The molecule has 0 aliphatic heterocycles. The molecule has 0 aliphatic carbocycles. The largest absolute Gasteiger partial charge is 0.484 e. The number of rotatable bonds is 6. The second-order valence-corrected chi connectivity index (χ2v) is 11.7. The fraction of sp³-hybridized carbons (Fsp3) is 0.355. The smallest absolute Gasteiger partial charge is 0.225 e. The summed E-state index contributed by atoms with van der Waals surface area (Å²) in [4.78, 5) is 12.8. The summed E-state index contributed by atoms with van der Waals surface area (Å²) in [5.41, 5.74) is 3.41. The number of carbonyl (C=O) groups is 1. The summed E-state index contributed by atoms with van der Waals surface area (Å²) in [7, 11) is 0. The number of benzene rings is 3. The minimum Gasteiger partial charge on any atom is -0.484 e. The normalized spacial score (nSPS) is 13.8. The van der Waals surface area contributed by atoms with Gasteiger partial charge in [-0.25, -0.2) is 9.07 Å². The summed E-state index contributed by atoms with van der Waals surface area (Å²) in [6.07, 6.45) is 1.37. The molecular formula is C31H36FN3O2. The molecule has 1 N–H and O–H groups in total. The number of ether oxygens (including phenoxy) is 1. The van der Waals surface area contributed by atoms with Crippen molar-refractivity contribution in [3.8, 4) is 11.4 Å². The molecule has 4 rings (SSSR count). The lowest BCUT2D eigenvalue weighted by molar-refractivity contribution is -0.129. The molecule has 6 heteroatoms. The molecule has 0 spiro atoms. The Kier molecular flexibility index (Phi) is 7.13. The zero-order chi connectivity index (χ0) is 27.0. The molecule has 1 amide bonds. The van der Waals surface area contributed by atoms with E-state index in [9.17, 15) is 9.18 Å². The van der Waals surface area contributed by atoms with Gasteiger partial charge in [0, 0.05) is 10.8 Å². The Balaban J connectivity index is 1.65. The molecule has 0 bridgehead atoms. The lowest BCUT2D eigenvalue weighted by atomic mass is 9.86. The number of hydrogen-bond donors (Lipinski definition) is 1. The number of halogens is 1. The SMILES string of the molecule is C[C@H](NC(=O)C(C)(C)C)[C@@H](Oc1ccc2c(cnn2-c2ccc(F)cc2)c1)c1ccc(C(C)(C)C)cc1. The van der Waals surface area contributed by atoms with E-state index in [1.54, 1.807) is 23.0 Å². The van der Waals surface area contributed by atoms with E-state index in [-0.39, 0.29) is 23.2 Å². The van der Waals surface area contributed by atoms with E-state index < -0.39 is 11.5 Å². The van der Waals surface area contributed by atoms with Crippen LogP contribution < -0.4 is 10.1 Å². The molecule has 3 aromatic carbocycles. The second-order valence-electron chi connectivity index (χ2n) is 11.7. The first kappa shape index (κ1) is 26.4. The van der Waals surface area contributed by atoms with Crippen molar-refractivity contribution in [3.05, 3.63) is 89.9 Å². The molecule has 1 heterocycles. The molecule has 1 aromatic heterocycles. The van der Waals surface area contributed by atoms with Crippen LogP contribution in [0.3, 0.4) is 0 Å². The predicted molar refractivity (Wildman–Crippen MR) is 147 cm³/mol. The maximum Gasteiger partial charge on any atom is 0.225 e. The van der Waals surface area contributed by atoms with Gasteiger partial charge in [0.15, 0.2) is 0 Å². The van der Waals surface area contributed by atoms with Gasteiger partial charge in [0.2, 0.25) is 5.91 Å². The molecule has 0 aliphatic rings. The Labute approximate surface area is 218 Å². The first-order valence-corrected chi connectivity index (χ1v) is 12.6. The monoisotopic (exact) mass is 501 g/mol. The van der Waals surface area contributed by atoms with Gasteiger partial charge in [0.25, 0.3) is 0 Å². The minimum absolute atomic E-state index is 0.0315. The number of carbonyl (C=O) groups excluding carboxylic acids is 1.